The highest BCUT2D eigenvalue weighted by molar-refractivity contribution is 5.71. The van der Waals surface area contributed by atoms with Crippen molar-refractivity contribution in [2.24, 2.45) is 11.8 Å². The van der Waals surface area contributed by atoms with Gasteiger partial charge in [0.15, 0.2) is 5.82 Å². The molecule has 0 aliphatic heterocycles. The number of hydrogen-bond donors (Lipinski definition) is 1. The minimum atomic E-state index is -0.352. The van der Waals surface area contributed by atoms with Crippen LogP contribution >= 0.6 is 0 Å². The summed E-state index contributed by atoms with van der Waals surface area (Å²) in [5, 5.41) is 12.1. The van der Waals surface area contributed by atoms with Crippen molar-refractivity contribution in [3.05, 3.63) is 24.0 Å². The maximum Gasteiger partial charge on any atom is 0.184 e. The molecule has 6 heteroatoms. The number of anilines is 1. The van der Waals surface area contributed by atoms with Crippen molar-refractivity contribution in [1.82, 2.24) is 20.2 Å². The van der Waals surface area contributed by atoms with Crippen LogP contribution in [0.2, 0.25) is 0 Å². The van der Waals surface area contributed by atoms with E-state index in [4.69, 9.17) is 5.73 Å². The highest BCUT2D eigenvalue weighted by Crippen LogP contribution is 2.37. The summed E-state index contributed by atoms with van der Waals surface area (Å²) in [6.45, 7) is 4.53. The predicted molar refractivity (Wildman–Crippen MR) is 78.8 cm³/mol. The topological polar surface area (TPSA) is 69.6 Å². The number of rotatable bonds is 2. The number of halogens is 1. The highest BCUT2D eigenvalue weighted by atomic mass is 19.1. The van der Waals surface area contributed by atoms with E-state index < -0.39 is 0 Å². The number of hydrogen-bond acceptors (Lipinski definition) is 4. The summed E-state index contributed by atoms with van der Waals surface area (Å²) in [7, 11) is 0. The average molecular weight is 289 g/mol. The van der Waals surface area contributed by atoms with E-state index in [0.717, 1.165) is 12.8 Å². The van der Waals surface area contributed by atoms with Crippen LogP contribution in [0.4, 0.5) is 10.1 Å². The molecule has 1 aromatic carbocycles. The zero-order chi connectivity index (χ0) is 15.0. The fourth-order valence-electron chi connectivity index (χ4n) is 3.46. The van der Waals surface area contributed by atoms with Gasteiger partial charge < -0.3 is 5.73 Å². The second kappa shape index (κ2) is 5.42. The van der Waals surface area contributed by atoms with Crippen LogP contribution in [0.1, 0.15) is 39.2 Å². The smallest absolute Gasteiger partial charge is 0.184 e. The van der Waals surface area contributed by atoms with E-state index in [0.29, 0.717) is 28.9 Å². The molecule has 0 spiro atoms. The fourth-order valence-corrected chi connectivity index (χ4v) is 3.46. The van der Waals surface area contributed by atoms with Gasteiger partial charge in [-0.15, -0.1) is 5.10 Å². The molecular weight excluding hydrogens is 269 g/mol. The maximum atomic E-state index is 13.2. The van der Waals surface area contributed by atoms with Crippen molar-refractivity contribution < 1.29 is 4.39 Å². The second-order valence-corrected chi connectivity index (χ2v) is 6.25. The third kappa shape index (κ3) is 2.75. The van der Waals surface area contributed by atoms with Crippen LogP contribution in [-0.2, 0) is 0 Å². The minimum Gasteiger partial charge on any atom is -0.398 e. The Morgan fingerprint density at radius 3 is 2.57 bits per heavy atom. The predicted octanol–water partition coefficient (Wildman–Crippen LogP) is 3.06. The van der Waals surface area contributed by atoms with E-state index in [-0.39, 0.29) is 11.9 Å². The molecule has 1 aliphatic carbocycles. The van der Waals surface area contributed by atoms with Crippen molar-refractivity contribution in [2.75, 3.05) is 5.73 Å². The minimum absolute atomic E-state index is 0.276. The molecule has 112 valence electrons. The molecule has 5 nitrogen and oxygen atoms in total. The summed E-state index contributed by atoms with van der Waals surface area (Å²) in [6, 6.07) is 4.61. The van der Waals surface area contributed by atoms with Gasteiger partial charge in [0.05, 0.1) is 6.04 Å². The Morgan fingerprint density at radius 2 is 1.90 bits per heavy atom. The van der Waals surface area contributed by atoms with Crippen molar-refractivity contribution in [2.45, 2.75) is 39.2 Å². The Labute approximate surface area is 123 Å². The largest absolute Gasteiger partial charge is 0.398 e. The van der Waals surface area contributed by atoms with Crippen LogP contribution < -0.4 is 5.73 Å². The molecular formula is C15H20FN5. The fraction of sp³-hybridized carbons (Fsp3) is 0.533. The quantitative estimate of drug-likeness (QED) is 0.863. The summed E-state index contributed by atoms with van der Waals surface area (Å²) < 4.78 is 15.1. The van der Waals surface area contributed by atoms with Gasteiger partial charge in [0.2, 0.25) is 0 Å². The molecule has 1 aliphatic rings. The van der Waals surface area contributed by atoms with E-state index in [1.54, 1.807) is 6.07 Å². The average Bonchev–Trinajstić information content (AvgIpc) is 2.86. The SMILES string of the molecule is CC1CC(C)CC(n2nnnc2-c2ccc(F)cc2N)C1. The Balaban J connectivity index is 1.97. The van der Waals surface area contributed by atoms with Crippen LogP contribution in [0.15, 0.2) is 18.2 Å². The number of tetrazole rings is 1. The van der Waals surface area contributed by atoms with Crippen LogP contribution in [0.25, 0.3) is 11.4 Å². The Bertz CT molecular complexity index is 629. The van der Waals surface area contributed by atoms with Gasteiger partial charge in [-0.2, -0.15) is 0 Å². The summed E-state index contributed by atoms with van der Waals surface area (Å²) in [5.74, 6) is 1.58. The van der Waals surface area contributed by atoms with Gasteiger partial charge in [0.1, 0.15) is 5.82 Å². The Kier molecular flexibility index (Phi) is 3.61. The lowest BCUT2D eigenvalue weighted by atomic mass is 9.80. The third-order valence-electron chi connectivity index (χ3n) is 4.25. The zero-order valence-corrected chi connectivity index (χ0v) is 12.3. The van der Waals surface area contributed by atoms with Crippen LogP contribution in [0.5, 0.6) is 0 Å². The zero-order valence-electron chi connectivity index (χ0n) is 12.3. The Morgan fingerprint density at radius 1 is 1.19 bits per heavy atom. The second-order valence-electron chi connectivity index (χ2n) is 6.25. The molecule has 2 unspecified atom stereocenters. The standard InChI is InChI=1S/C15H20FN5/c1-9-5-10(2)7-12(6-9)21-15(18-19-20-21)13-4-3-11(16)8-14(13)17/h3-4,8-10,12H,5-7,17H2,1-2H3. The van der Waals surface area contributed by atoms with Crippen molar-refractivity contribution in [3.63, 3.8) is 0 Å². The van der Waals surface area contributed by atoms with E-state index in [1.165, 1.54) is 18.6 Å². The molecule has 2 atom stereocenters. The van der Waals surface area contributed by atoms with Gasteiger partial charge in [0.25, 0.3) is 0 Å². The molecule has 0 saturated heterocycles. The molecule has 2 N–H and O–H groups in total. The van der Waals surface area contributed by atoms with Gasteiger partial charge in [-0.25, -0.2) is 9.07 Å². The van der Waals surface area contributed by atoms with E-state index in [9.17, 15) is 4.39 Å². The number of benzene rings is 1. The van der Waals surface area contributed by atoms with Gasteiger partial charge in [0, 0.05) is 11.3 Å². The van der Waals surface area contributed by atoms with Gasteiger partial charge in [-0.05, 0) is 59.7 Å². The van der Waals surface area contributed by atoms with Crippen LogP contribution in [0, 0.1) is 17.7 Å². The maximum absolute atomic E-state index is 13.2. The first-order valence-corrected chi connectivity index (χ1v) is 7.38. The number of nitrogens with two attached hydrogens (primary N) is 1. The van der Waals surface area contributed by atoms with Crippen molar-refractivity contribution >= 4 is 5.69 Å². The molecule has 2 aromatic rings. The van der Waals surface area contributed by atoms with Crippen LogP contribution in [0.3, 0.4) is 0 Å². The molecule has 1 aromatic heterocycles. The number of nitrogens with zero attached hydrogens (tertiary/aromatic N) is 4. The first kappa shape index (κ1) is 14.0. The number of nitrogen functional groups attached to an aromatic ring is 1. The summed E-state index contributed by atoms with van der Waals surface area (Å²) in [5.41, 5.74) is 6.97. The van der Waals surface area contributed by atoms with Crippen LogP contribution in [-0.4, -0.2) is 20.2 Å². The molecule has 21 heavy (non-hydrogen) atoms. The highest BCUT2D eigenvalue weighted by Gasteiger charge is 2.28. The molecule has 1 heterocycles. The summed E-state index contributed by atoms with van der Waals surface area (Å²) in [6.07, 6.45) is 3.36. The van der Waals surface area contributed by atoms with Gasteiger partial charge in [-0.1, -0.05) is 13.8 Å². The van der Waals surface area contributed by atoms with Crippen molar-refractivity contribution in [1.29, 1.82) is 0 Å². The van der Waals surface area contributed by atoms with Gasteiger partial charge >= 0.3 is 0 Å². The normalized spacial score (nSPS) is 26.0. The van der Waals surface area contributed by atoms with E-state index in [2.05, 4.69) is 29.4 Å². The monoisotopic (exact) mass is 289 g/mol. The molecule has 0 bridgehead atoms. The lowest BCUT2D eigenvalue weighted by Crippen LogP contribution is -2.24. The van der Waals surface area contributed by atoms with Crippen molar-refractivity contribution in [3.8, 4) is 11.4 Å². The van der Waals surface area contributed by atoms with Gasteiger partial charge in [-0.3, -0.25) is 0 Å². The summed E-state index contributed by atoms with van der Waals surface area (Å²) in [4.78, 5) is 0. The van der Waals surface area contributed by atoms with E-state index in [1.807, 2.05) is 4.68 Å². The third-order valence-corrected chi connectivity index (χ3v) is 4.25. The lowest BCUT2D eigenvalue weighted by molar-refractivity contribution is 0.209. The number of aromatic nitrogens is 4. The molecule has 0 amide bonds. The van der Waals surface area contributed by atoms with E-state index >= 15 is 0 Å². The Hall–Kier alpha value is -1.98. The molecule has 0 radical (unpaired) electrons. The first-order valence-electron chi connectivity index (χ1n) is 7.38. The lowest BCUT2D eigenvalue weighted by Gasteiger charge is -2.31. The molecule has 3 rings (SSSR count). The molecule has 1 fully saturated rings. The first-order chi connectivity index (χ1) is 10.0. The molecule has 1 saturated carbocycles. The summed E-state index contributed by atoms with van der Waals surface area (Å²) >= 11 is 0.